The number of nitrogens with zero attached hydrogens (tertiary/aromatic N) is 1. The van der Waals surface area contributed by atoms with E-state index in [9.17, 15) is 18.8 Å². The van der Waals surface area contributed by atoms with Gasteiger partial charge in [0.15, 0.2) is 0 Å². The normalized spacial score (nSPS) is 13.7. The van der Waals surface area contributed by atoms with E-state index in [1.165, 1.54) is 0 Å². The smallest absolute Gasteiger partial charge is 0.326 e. The van der Waals surface area contributed by atoms with Crippen molar-refractivity contribution in [3.8, 4) is 0 Å². The minimum atomic E-state index is -0.866. The van der Waals surface area contributed by atoms with Crippen LogP contribution in [0.2, 0.25) is 0 Å². The van der Waals surface area contributed by atoms with Crippen molar-refractivity contribution in [3.63, 3.8) is 0 Å². The standard InChI is InChI=1S/C12H9BrFNO4/c1-2-19-9(16)5-15-10-7(11(17)12(15)18)3-6(14)4-8(10)13/h3-4H,2,5H2,1H3. The maximum absolute atomic E-state index is 13.2. The van der Waals surface area contributed by atoms with Crippen molar-refractivity contribution in [2.24, 2.45) is 0 Å². The van der Waals surface area contributed by atoms with Gasteiger partial charge in [-0.2, -0.15) is 0 Å². The third-order valence-corrected chi connectivity index (χ3v) is 3.18. The maximum atomic E-state index is 13.2. The number of ether oxygens (including phenoxy) is 1. The number of carbonyl (C=O) groups excluding carboxylic acids is 3. The third kappa shape index (κ3) is 2.37. The Balaban J connectivity index is 2.41. The first kappa shape index (κ1) is 13.7. The van der Waals surface area contributed by atoms with Crippen molar-refractivity contribution in [1.82, 2.24) is 0 Å². The molecule has 2 rings (SSSR count). The van der Waals surface area contributed by atoms with Crippen molar-refractivity contribution >= 4 is 39.3 Å². The number of benzene rings is 1. The van der Waals surface area contributed by atoms with Gasteiger partial charge in [-0.25, -0.2) is 4.39 Å². The van der Waals surface area contributed by atoms with E-state index < -0.39 is 23.5 Å². The summed E-state index contributed by atoms with van der Waals surface area (Å²) in [6.45, 7) is 1.43. The zero-order chi connectivity index (χ0) is 14.2. The molecule has 0 aromatic heterocycles. The number of rotatable bonds is 3. The third-order valence-electron chi connectivity index (χ3n) is 2.57. The van der Waals surface area contributed by atoms with E-state index in [1.54, 1.807) is 6.92 Å². The van der Waals surface area contributed by atoms with E-state index in [-0.39, 0.29) is 28.9 Å². The van der Waals surface area contributed by atoms with Gasteiger partial charge in [-0.15, -0.1) is 0 Å². The highest BCUT2D eigenvalue weighted by Gasteiger charge is 2.39. The van der Waals surface area contributed by atoms with Crippen LogP contribution in [0.25, 0.3) is 0 Å². The predicted molar refractivity (Wildman–Crippen MR) is 67.4 cm³/mol. The second kappa shape index (κ2) is 5.08. The number of amides is 1. The highest BCUT2D eigenvalue weighted by atomic mass is 79.9. The molecule has 1 amide bonds. The molecule has 0 fully saturated rings. The van der Waals surface area contributed by atoms with Crippen LogP contribution in [0, 0.1) is 5.82 Å². The zero-order valence-corrected chi connectivity index (χ0v) is 11.5. The number of hydrogen-bond acceptors (Lipinski definition) is 4. The van der Waals surface area contributed by atoms with E-state index >= 15 is 0 Å². The largest absolute Gasteiger partial charge is 0.465 e. The minimum Gasteiger partial charge on any atom is -0.465 e. The summed E-state index contributed by atoms with van der Waals surface area (Å²) in [6, 6.07) is 2.11. The van der Waals surface area contributed by atoms with Gasteiger partial charge in [-0.1, -0.05) is 0 Å². The van der Waals surface area contributed by atoms with Crippen molar-refractivity contribution in [1.29, 1.82) is 0 Å². The van der Waals surface area contributed by atoms with E-state index in [1.807, 2.05) is 0 Å². The minimum absolute atomic E-state index is 0.0545. The Morgan fingerprint density at radius 3 is 2.74 bits per heavy atom. The first-order chi connectivity index (χ1) is 8.95. The Morgan fingerprint density at radius 1 is 1.42 bits per heavy atom. The van der Waals surface area contributed by atoms with Gasteiger partial charge in [-0.05, 0) is 35.0 Å². The number of Topliss-reactive ketones (excluding diaryl/α,β-unsaturated/α-hetero) is 1. The van der Waals surface area contributed by atoms with Gasteiger partial charge in [-0.3, -0.25) is 19.3 Å². The molecule has 0 saturated carbocycles. The van der Waals surface area contributed by atoms with Crippen molar-refractivity contribution in [3.05, 3.63) is 28.0 Å². The number of esters is 1. The molecule has 0 spiro atoms. The van der Waals surface area contributed by atoms with Gasteiger partial charge in [0, 0.05) is 4.47 Å². The van der Waals surface area contributed by atoms with Crippen molar-refractivity contribution < 1.29 is 23.5 Å². The first-order valence-corrected chi connectivity index (χ1v) is 6.25. The Kier molecular flexibility index (Phi) is 3.66. The molecular weight excluding hydrogens is 321 g/mol. The average Bonchev–Trinajstić information content (AvgIpc) is 2.55. The maximum Gasteiger partial charge on any atom is 0.326 e. The molecule has 1 aromatic carbocycles. The van der Waals surface area contributed by atoms with Gasteiger partial charge in [0.2, 0.25) is 0 Å². The predicted octanol–water partition coefficient (Wildman–Crippen LogP) is 1.68. The van der Waals surface area contributed by atoms with Gasteiger partial charge >= 0.3 is 5.97 Å². The number of hydrogen-bond donors (Lipinski definition) is 0. The lowest BCUT2D eigenvalue weighted by molar-refractivity contribution is -0.142. The molecule has 1 heterocycles. The second-order valence-electron chi connectivity index (χ2n) is 3.81. The molecule has 1 aliphatic heterocycles. The summed E-state index contributed by atoms with van der Waals surface area (Å²) in [5.41, 5.74) is 0.144. The van der Waals surface area contributed by atoms with Crippen LogP contribution >= 0.6 is 15.9 Å². The van der Waals surface area contributed by atoms with E-state index in [0.717, 1.165) is 17.0 Å². The molecule has 0 N–H and O–H groups in total. The summed E-state index contributed by atoms with van der Waals surface area (Å²) in [4.78, 5) is 35.9. The summed E-state index contributed by atoms with van der Waals surface area (Å²) >= 11 is 3.08. The van der Waals surface area contributed by atoms with Crippen LogP contribution in [0.4, 0.5) is 10.1 Å². The lowest BCUT2D eigenvalue weighted by Crippen LogP contribution is -2.35. The van der Waals surface area contributed by atoms with E-state index in [0.29, 0.717) is 0 Å². The zero-order valence-electron chi connectivity index (χ0n) is 9.91. The molecule has 1 aromatic rings. The fourth-order valence-corrected chi connectivity index (χ4v) is 2.49. The highest BCUT2D eigenvalue weighted by molar-refractivity contribution is 9.10. The number of carbonyl (C=O) groups is 3. The molecule has 0 radical (unpaired) electrons. The molecule has 19 heavy (non-hydrogen) atoms. The van der Waals surface area contributed by atoms with Crippen LogP contribution < -0.4 is 4.90 Å². The quantitative estimate of drug-likeness (QED) is 0.625. The summed E-state index contributed by atoms with van der Waals surface area (Å²) in [5.74, 6) is -2.97. The van der Waals surface area contributed by atoms with Crippen LogP contribution in [-0.4, -0.2) is 30.8 Å². The fraction of sp³-hybridized carbons (Fsp3) is 0.250. The molecule has 0 bridgehead atoms. The topological polar surface area (TPSA) is 63.7 Å². The summed E-state index contributed by atoms with van der Waals surface area (Å²) in [7, 11) is 0. The van der Waals surface area contributed by atoms with Crippen LogP contribution in [0.5, 0.6) is 0 Å². The number of halogens is 2. The molecule has 5 nitrogen and oxygen atoms in total. The molecule has 0 aliphatic carbocycles. The van der Waals surface area contributed by atoms with Crippen LogP contribution in [0.15, 0.2) is 16.6 Å². The molecule has 7 heteroatoms. The van der Waals surface area contributed by atoms with Crippen molar-refractivity contribution in [2.75, 3.05) is 18.1 Å². The van der Waals surface area contributed by atoms with Gasteiger partial charge in [0.1, 0.15) is 12.4 Å². The molecule has 0 atom stereocenters. The summed E-state index contributed by atoms with van der Waals surface area (Å²) < 4.78 is 18.2. The monoisotopic (exact) mass is 329 g/mol. The Hall–Kier alpha value is -1.76. The summed E-state index contributed by atoms with van der Waals surface area (Å²) in [5, 5.41) is 0. The van der Waals surface area contributed by atoms with Crippen LogP contribution in [-0.2, 0) is 14.3 Å². The van der Waals surface area contributed by atoms with Crippen LogP contribution in [0.3, 0.4) is 0 Å². The van der Waals surface area contributed by atoms with E-state index in [4.69, 9.17) is 4.74 Å². The Labute approximate surface area is 116 Å². The van der Waals surface area contributed by atoms with Crippen LogP contribution in [0.1, 0.15) is 17.3 Å². The SMILES string of the molecule is CCOC(=O)CN1C(=O)C(=O)c2cc(F)cc(Br)c21. The van der Waals surface area contributed by atoms with Gasteiger partial charge < -0.3 is 4.74 Å². The number of ketones is 1. The number of fused-ring (bicyclic) bond motifs is 1. The molecular formula is C12H9BrFNO4. The first-order valence-electron chi connectivity index (χ1n) is 5.46. The highest BCUT2D eigenvalue weighted by Crippen LogP contribution is 2.36. The molecule has 1 aliphatic rings. The molecule has 100 valence electrons. The Morgan fingerprint density at radius 2 is 2.11 bits per heavy atom. The average molecular weight is 330 g/mol. The lowest BCUT2D eigenvalue weighted by atomic mass is 10.1. The van der Waals surface area contributed by atoms with Gasteiger partial charge in [0.05, 0.1) is 17.9 Å². The summed E-state index contributed by atoms with van der Waals surface area (Å²) in [6.07, 6.45) is 0. The molecule has 0 saturated heterocycles. The van der Waals surface area contributed by atoms with Gasteiger partial charge in [0.25, 0.3) is 11.7 Å². The fourth-order valence-electron chi connectivity index (χ4n) is 1.84. The Bertz CT molecular complexity index is 587. The van der Waals surface area contributed by atoms with Crippen molar-refractivity contribution in [2.45, 2.75) is 6.92 Å². The lowest BCUT2D eigenvalue weighted by Gasteiger charge is -2.16. The van der Waals surface area contributed by atoms with E-state index in [2.05, 4.69) is 15.9 Å². The molecule has 0 unspecified atom stereocenters. The number of anilines is 1. The second-order valence-corrected chi connectivity index (χ2v) is 4.66.